The van der Waals surface area contributed by atoms with Gasteiger partial charge in [0, 0.05) is 18.4 Å². The molecule has 2 heterocycles. The molecule has 1 aromatic carbocycles. The average Bonchev–Trinajstić information content (AvgIpc) is 2.98. The van der Waals surface area contributed by atoms with E-state index in [1.807, 2.05) is 19.1 Å². The molecule has 0 saturated carbocycles. The third kappa shape index (κ3) is 3.24. The van der Waals surface area contributed by atoms with Crippen molar-refractivity contribution in [3.05, 3.63) is 71.2 Å². The van der Waals surface area contributed by atoms with Crippen molar-refractivity contribution in [3.8, 4) is 0 Å². The van der Waals surface area contributed by atoms with Crippen LogP contribution in [-0.2, 0) is 12.7 Å². The van der Waals surface area contributed by atoms with Crippen LogP contribution in [0.5, 0.6) is 0 Å². The number of imidazole rings is 1. The molecule has 124 valence electrons. The van der Waals surface area contributed by atoms with Gasteiger partial charge in [-0.2, -0.15) is 13.2 Å². The van der Waals surface area contributed by atoms with Gasteiger partial charge in [-0.1, -0.05) is 18.2 Å². The van der Waals surface area contributed by atoms with Crippen LogP contribution in [0.1, 0.15) is 27.3 Å². The van der Waals surface area contributed by atoms with Gasteiger partial charge >= 0.3 is 6.18 Å². The van der Waals surface area contributed by atoms with Crippen LogP contribution in [0.15, 0.2) is 48.7 Å². The van der Waals surface area contributed by atoms with Gasteiger partial charge in [0.05, 0.1) is 5.56 Å². The van der Waals surface area contributed by atoms with Crippen molar-refractivity contribution in [2.75, 3.05) is 0 Å². The van der Waals surface area contributed by atoms with Gasteiger partial charge in [-0.15, -0.1) is 0 Å². The molecule has 2 aromatic heterocycles. The van der Waals surface area contributed by atoms with Crippen molar-refractivity contribution in [1.82, 2.24) is 14.7 Å². The summed E-state index contributed by atoms with van der Waals surface area (Å²) in [5.41, 5.74) is 1.42. The molecule has 0 saturated heterocycles. The van der Waals surface area contributed by atoms with E-state index < -0.39 is 17.6 Å². The number of carbonyl (C=O) groups excluding carboxylic acids is 1. The van der Waals surface area contributed by atoms with Crippen LogP contribution in [0.4, 0.5) is 13.2 Å². The Morgan fingerprint density at radius 1 is 1.21 bits per heavy atom. The van der Waals surface area contributed by atoms with Gasteiger partial charge in [-0.25, -0.2) is 4.98 Å². The zero-order chi connectivity index (χ0) is 17.3. The predicted octanol–water partition coefficient (Wildman–Crippen LogP) is 3.59. The Bertz CT molecular complexity index is 899. The van der Waals surface area contributed by atoms with E-state index in [4.69, 9.17) is 0 Å². The molecule has 0 atom stereocenters. The number of nitrogens with one attached hydrogen (secondary N) is 1. The molecule has 3 rings (SSSR count). The fraction of sp³-hybridized carbons (Fsp3) is 0.176. The number of aryl methyl sites for hydroxylation is 1. The molecular weight excluding hydrogens is 319 g/mol. The maximum absolute atomic E-state index is 12.7. The normalized spacial score (nSPS) is 11.7. The Hall–Kier alpha value is -2.83. The van der Waals surface area contributed by atoms with Crippen LogP contribution < -0.4 is 5.32 Å². The fourth-order valence-electron chi connectivity index (χ4n) is 2.39. The van der Waals surface area contributed by atoms with E-state index in [0.717, 1.165) is 17.8 Å². The zero-order valence-electron chi connectivity index (χ0n) is 12.8. The van der Waals surface area contributed by atoms with Crippen molar-refractivity contribution < 1.29 is 18.0 Å². The second-order valence-corrected chi connectivity index (χ2v) is 5.40. The molecule has 0 aliphatic carbocycles. The van der Waals surface area contributed by atoms with Gasteiger partial charge < -0.3 is 9.72 Å². The molecular formula is C17H14F3N3O. The Morgan fingerprint density at radius 3 is 2.67 bits per heavy atom. The molecule has 4 nitrogen and oxygen atoms in total. The molecule has 0 bridgehead atoms. The van der Waals surface area contributed by atoms with E-state index >= 15 is 0 Å². The Balaban J connectivity index is 1.74. The highest BCUT2D eigenvalue weighted by Gasteiger charge is 2.30. The van der Waals surface area contributed by atoms with Gasteiger partial charge in [0.25, 0.3) is 5.91 Å². The highest BCUT2D eigenvalue weighted by Crippen LogP contribution is 2.29. The molecule has 0 spiro atoms. The van der Waals surface area contributed by atoms with Gasteiger partial charge in [0.1, 0.15) is 11.3 Å². The van der Waals surface area contributed by atoms with Crippen LogP contribution in [-0.4, -0.2) is 15.3 Å². The number of alkyl halides is 3. The maximum Gasteiger partial charge on any atom is 0.416 e. The second-order valence-electron chi connectivity index (χ2n) is 5.40. The first kappa shape index (κ1) is 16.0. The highest BCUT2D eigenvalue weighted by molar-refractivity contribution is 5.92. The van der Waals surface area contributed by atoms with E-state index in [9.17, 15) is 18.0 Å². The summed E-state index contributed by atoms with van der Waals surface area (Å²) >= 11 is 0. The number of amides is 1. The van der Waals surface area contributed by atoms with Crippen LogP contribution in [0, 0.1) is 6.92 Å². The van der Waals surface area contributed by atoms with Gasteiger partial charge in [-0.05, 0) is 36.8 Å². The standard InChI is InChI=1S/C17H14F3N3O/c1-11-4-2-7-15-22-14(10-23(11)15)16(24)21-9-12-5-3-6-13(8-12)17(18,19)20/h2-8,10H,9H2,1H3,(H,21,24). The number of hydrogen-bond donors (Lipinski definition) is 1. The lowest BCUT2D eigenvalue weighted by Crippen LogP contribution is -2.23. The SMILES string of the molecule is Cc1cccc2nc(C(=O)NCc3cccc(C(F)(F)F)c3)cn12. The summed E-state index contributed by atoms with van der Waals surface area (Å²) in [7, 11) is 0. The lowest BCUT2D eigenvalue weighted by atomic mass is 10.1. The first-order valence-corrected chi connectivity index (χ1v) is 7.23. The molecule has 0 radical (unpaired) electrons. The molecule has 1 N–H and O–H groups in total. The number of nitrogens with zero attached hydrogens (tertiary/aromatic N) is 2. The molecule has 0 unspecified atom stereocenters. The minimum Gasteiger partial charge on any atom is -0.347 e. The Kier molecular flexibility index (Phi) is 4.01. The number of aromatic nitrogens is 2. The number of carbonyl (C=O) groups is 1. The van der Waals surface area contributed by atoms with E-state index in [-0.39, 0.29) is 12.2 Å². The average molecular weight is 333 g/mol. The minimum absolute atomic E-state index is 0.00436. The predicted molar refractivity (Wildman–Crippen MR) is 82.5 cm³/mol. The quantitative estimate of drug-likeness (QED) is 0.796. The summed E-state index contributed by atoms with van der Waals surface area (Å²) < 4.78 is 39.8. The summed E-state index contributed by atoms with van der Waals surface area (Å²) in [6.07, 6.45) is -2.80. The Morgan fingerprint density at radius 2 is 1.96 bits per heavy atom. The van der Waals surface area contributed by atoms with Crippen molar-refractivity contribution in [1.29, 1.82) is 0 Å². The number of rotatable bonds is 3. The molecule has 7 heteroatoms. The number of pyridine rings is 1. The fourth-order valence-corrected chi connectivity index (χ4v) is 2.39. The summed E-state index contributed by atoms with van der Waals surface area (Å²) in [5, 5.41) is 2.59. The van der Waals surface area contributed by atoms with Crippen molar-refractivity contribution in [2.24, 2.45) is 0 Å². The minimum atomic E-state index is -4.40. The summed E-state index contributed by atoms with van der Waals surface area (Å²) in [4.78, 5) is 16.4. The van der Waals surface area contributed by atoms with Crippen molar-refractivity contribution in [2.45, 2.75) is 19.6 Å². The molecule has 1 amide bonds. The smallest absolute Gasteiger partial charge is 0.347 e. The first-order chi connectivity index (χ1) is 11.3. The lowest BCUT2D eigenvalue weighted by molar-refractivity contribution is -0.137. The first-order valence-electron chi connectivity index (χ1n) is 7.23. The van der Waals surface area contributed by atoms with Crippen LogP contribution in [0.3, 0.4) is 0 Å². The van der Waals surface area contributed by atoms with E-state index in [0.29, 0.717) is 11.2 Å². The molecule has 0 aliphatic rings. The van der Waals surface area contributed by atoms with Gasteiger partial charge in [0.2, 0.25) is 0 Å². The van der Waals surface area contributed by atoms with E-state index in [1.165, 1.54) is 12.1 Å². The summed E-state index contributed by atoms with van der Waals surface area (Å²) in [5.74, 6) is -0.435. The number of halogens is 3. The zero-order valence-corrected chi connectivity index (χ0v) is 12.8. The van der Waals surface area contributed by atoms with Crippen molar-refractivity contribution >= 4 is 11.6 Å². The van der Waals surface area contributed by atoms with Crippen LogP contribution in [0.2, 0.25) is 0 Å². The van der Waals surface area contributed by atoms with Crippen LogP contribution in [0.25, 0.3) is 5.65 Å². The second kappa shape index (κ2) is 5.99. The Labute approximate surface area is 135 Å². The van der Waals surface area contributed by atoms with Crippen LogP contribution >= 0.6 is 0 Å². The lowest BCUT2D eigenvalue weighted by Gasteiger charge is -2.09. The molecule has 0 fully saturated rings. The molecule has 0 aliphatic heterocycles. The molecule has 3 aromatic rings. The third-order valence-electron chi connectivity index (χ3n) is 3.64. The highest BCUT2D eigenvalue weighted by atomic mass is 19.4. The summed E-state index contributed by atoms with van der Waals surface area (Å²) in [6, 6.07) is 10.4. The number of fused-ring (bicyclic) bond motifs is 1. The topological polar surface area (TPSA) is 46.4 Å². The van der Waals surface area contributed by atoms with E-state index in [1.54, 1.807) is 16.7 Å². The number of benzene rings is 1. The third-order valence-corrected chi connectivity index (χ3v) is 3.64. The monoisotopic (exact) mass is 333 g/mol. The molecule has 24 heavy (non-hydrogen) atoms. The summed E-state index contributed by atoms with van der Waals surface area (Å²) in [6.45, 7) is 1.88. The maximum atomic E-state index is 12.7. The number of hydrogen-bond acceptors (Lipinski definition) is 2. The van der Waals surface area contributed by atoms with Gasteiger partial charge in [-0.3, -0.25) is 4.79 Å². The van der Waals surface area contributed by atoms with Gasteiger partial charge in [0.15, 0.2) is 0 Å². The largest absolute Gasteiger partial charge is 0.416 e. The van der Waals surface area contributed by atoms with E-state index in [2.05, 4.69) is 10.3 Å². The van der Waals surface area contributed by atoms with Crippen molar-refractivity contribution in [3.63, 3.8) is 0 Å².